The van der Waals surface area contributed by atoms with E-state index in [-0.39, 0.29) is 18.1 Å². The van der Waals surface area contributed by atoms with Crippen molar-refractivity contribution in [1.29, 1.82) is 0 Å². The Labute approximate surface area is 144 Å². The molecule has 0 bridgehead atoms. The number of carbonyl (C=O) groups excluding carboxylic acids is 1. The van der Waals surface area contributed by atoms with Crippen LogP contribution in [-0.2, 0) is 7.05 Å². The molecule has 1 aromatic heterocycles. The van der Waals surface area contributed by atoms with Crippen molar-refractivity contribution in [3.63, 3.8) is 0 Å². The number of β-amino-alcohol motifs (C(OH)–C–C–N with tert-alkyl or cyclic N) is 1. The summed E-state index contributed by atoms with van der Waals surface area (Å²) in [6, 6.07) is 2.09. The molecule has 7 heteroatoms. The number of carbonyl (C=O) groups is 1. The summed E-state index contributed by atoms with van der Waals surface area (Å²) in [6.45, 7) is 9.97. The Kier molecular flexibility index (Phi) is 5.87. The van der Waals surface area contributed by atoms with Gasteiger partial charge in [-0.15, -0.1) is 0 Å². The number of aryl methyl sites for hydroxylation is 1. The maximum atomic E-state index is 12.7. The molecule has 7 nitrogen and oxygen atoms in total. The van der Waals surface area contributed by atoms with Gasteiger partial charge in [0.1, 0.15) is 0 Å². The predicted molar refractivity (Wildman–Crippen MR) is 95.0 cm³/mol. The van der Waals surface area contributed by atoms with Gasteiger partial charge in [0.05, 0.1) is 5.60 Å². The molecule has 1 saturated heterocycles. The summed E-state index contributed by atoms with van der Waals surface area (Å²) in [5.74, 6) is 0.573. The molecule has 2 heterocycles. The van der Waals surface area contributed by atoms with Gasteiger partial charge in [0.15, 0.2) is 5.82 Å². The first-order valence-corrected chi connectivity index (χ1v) is 8.77. The number of nitrogens with zero attached hydrogens (tertiary/aromatic N) is 4. The van der Waals surface area contributed by atoms with Crippen LogP contribution >= 0.6 is 0 Å². The monoisotopic (exact) mass is 337 g/mol. The lowest BCUT2D eigenvalue weighted by molar-refractivity contribution is -0.0173. The highest BCUT2D eigenvalue weighted by atomic mass is 16.3. The van der Waals surface area contributed by atoms with Crippen LogP contribution in [0, 0.1) is 0 Å². The maximum Gasteiger partial charge on any atom is 0.323 e. The van der Waals surface area contributed by atoms with Crippen LogP contribution in [0.25, 0.3) is 0 Å². The minimum Gasteiger partial charge on any atom is -0.389 e. The lowest BCUT2D eigenvalue weighted by atomic mass is 10.00. The van der Waals surface area contributed by atoms with E-state index in [0.717, 1.165) is 19.4 Å². The van der Waals surface area contributed by atoms with Gasteiger partial charge in [-0.2, -0.15) is 5.10 Å². The summed E-state index contributed by atoms with van der Waals surface area (Å²) in [6.07, 6.45) is 3.64. The van der Waals surface area contributed by atoms with Gasteiger partial charge in [-0.25, -0.2) is 4.79 Å². The molecule has 0 saturated carbocycles. The zero-order valence-electron chi connectivity index (χ0n) is 15.5. The normalized spacial score (nSPS) is 22.7. The number of piperazine rings is 1. The molecule has 2 N–H and O–H groups in total. The largest absolute Gasteiger partial charge is 0.389 e. The van der Waals surface area contributed by atoms with Crippen LogP contribution in [0.1, 0.15) is 40.5 Å². The Hall–Kier alpha value is -1.60. The van der Waals surface area contributed by atoms with Crippen molar-refractivity contribution >= 4 is 11.8 Å². The first kappa shape index (κ1) is 18.7. The fourth-order valence-corrected chi connectivity index (χ4v) is 3.35. The van der Waals surface area contributed by atoms with E-state index in [1.54, 1.807) is 10.7 Å². The van der Waals surface area contributed by atoms with Crippen molar-refractivity contribution in [3.05, 3.63) is 12.3 Å². The van der Waals surface area contributed by atoms with E-state index in [4.69, 9.17) is 0 Å². The van der Waals surface area contributed by atoms with Gasteiger partial charge < -0.3 is 10.0 Å². The number of anilines is 1. The summed E-state index contributed by atoms with van der Waals surface area (Å²) in [5, 5.41) is 17.3. The Morgan fingerprint density at radius 1 is 1.33 bits per heavy atom. The van der Waals surface area contributed by atoms with E-state index in [1.165, 1.54) is 0 Å². The third kappa shape index (κ3) is 4.70. The molecule has 0 aliphatic carbocycles. The topological polar surface area (TPSA) is 73.6 Å². The molecule has 0 unspecified atom stereocenters. The molecule has 2 amide bonds. The van der Waals surface area contributed by atoms with Crippen LogP contribution in [0.5, 0.6) is 0 Å². The molecular formula is C17H31N5O2. The minimum atomic E-state index is -0.732. The molecule has 2 atom stereocenters. The van der Waals surface area contributed by atoms with Crippen molar-refractivity contribution in [3.8, 4) is 0 Å². The van der Waals surface area contributed by atoms with Crippen LogP contribution in [0.15, 0.2) is 12.3 Å². The average Bonchev–Trinajstić information content (AvgIpc) is 2.90. The molecule has 0 aromatic carbocycles. The second kappa shape index (κ2) is 7.53. The summed E-state index contributed by atoms with van der Waals surface area (Å²) in [7, 11) is 1.83. The number of hydrogen-bond acceptors (Lipinski definition) is 4. The maximum absolute atomic E-state index is 12.7. The molecule has 24 heavy (non-hydrogen) atoms. The third-order valence-electron chi connectivity index (χ3n) is 4.55. The summed E-state index contributed by atoms with van der Waals surface area (Å²) in [4.78, 5) is 16.9. The number of hydrogen-bond donors (Lipinski definition) is 2. The zero-order chi connectivity index (χ0) is 17.9. The number of urea groups is 1. The van der Waals surface area contributed by atoms with E-state index < -0.39 is 5.60 Å². The highest BCUT2D eigenvalue weighted by molar-refractivity contribution is 5.88. The second-order valence-electron chi connectivity index (χ2n) is 7.32. The second-order valence-corrected chi connectivity index (χ2v) is 7.32. The lowest BCUT2D eigenvalue weighted by Crippen LogP contribution is -2.62. The van der Waals surface area contributed by atoms with E-state index in [9.17, 15) is 9.90 Å². The Morgan fingerprint density at radius 3 is 2.50 bits per heavy atom. The lowest BCUT2D eigenvalue weighted by Gasteiger charge is -2.47. The molecule has 2 rings (SSSR count). The van der Waals surface area contributed by atoms with Gasteiger partial charge >= 0.3 is 6.03 Å². The van der Waals surface area contributed by atoms with Crippen molar-refractivity contribution in [2.75, 3.05) is 25.0 Å². The summed E-state index contributed by atoms with van der Waals surface area (Å²) in [5.41, 5.74) is -0.732. The summed E-state index contributed by atoms with van der Waals surface area (Å²) >= 11 is 0. The smallest absolute Gasteiger partial charge is 0.323 e. The fraction of sp³-hybridized carbons (Fsp3) is 0.765. The van der Waals surface area contributed by atoms with Crippen molar-refractivity contribution in [2.45, 2.75) is 58.2 Å². The molecule has 1 aliphatic rings. The van der Waals surface area contributed by atoms with Crippen molar-refractivity contribution in [1.82, 2.24) is 19.6 Å². The van der Waals surface area contributed by atoms with Gasteiger partial charge in [-0.1, -0.05) is 13.8 Å². The van der Waals surface area contributed by atoms with Crippen molar-refractivity contribution in [2.24, 2.45) is 7.05 Å². The van der Waals surface area contributed by atoms with Gasteiger partial charge in [-0.05, 0) is 26.7 Å². The first-order valence-electron chi connectivity index (χ1n) is 8.77. The highest BCUT2D eigenvalue weighted by Gasteiger charge is 2.36. The molecule has 1 aliphatic heterocycles. The number of rotatable bonds is 5. The number of amides is 2. The molecule has 1 aromatic rings. The molecule has 0 spiro atoms. The van der Waals surface area contributed by atoms with E-state index in [1.807, 2.05) is 32.0 Å². The van der Waals surface area contributed by atoms with Gasteiger partial charge in [0.25, 0.3) is 0 Å². The number of aromatic nitrogens is 2. The number of aliphatic hydroxyl groups is 1. The molecule has 1 fully saturated rings. The summed E-state index contributed by atoms with van der Waals surface area (Å²) < 4.78 is 1.67. The first-order chi connectivity index (χ1) is 11.2. The molecule has 0 radical (unpaired) electrons. The van der Waals surface area contributed by atoms with Crippen LogP contribution in [0.2, 0.25) is 0 Å². The quantitative estimate of drug-likeness (QED) is 0.861. The van der Waals surface area contributed by atoms with E-state index in [0.29, 0.717) is 18.9 Å². The number of nitrogens with one attached hydrogen (secondary N) is 1. The van der Waals surface area contributed by atoms with Gasteiger partial charge in [-0.3, -0.25) is 14.9 Å². The standard InChI is InChI=1S/C17H31N5O2/c1-6-13-11-22(16(23)18-15-8-9-20(5)19-15)14(7-2)10-21(13)12-17(3,4)24/h8-9,13-14,24H,6-7,10-12H2,1-5H3,(H,18,19,23)/t13-,14-/m1/s1. The average molecular weight is 337 g/mol. The molecular weight excluding hydrogens is 306 g/mol. The van der Waals surface area contributed by atoms with Crippen LogP contribution < -0.4 is 5.32 Å². The van der Waals surface area contributed by atoms with Gasteiger partial charge in [0.2, 0.25) is 0 Å². The fourth-order valence-electron chi connectivity index (χ4n) is 3.35. The Bertz CT molecular complexity index is 551. The van der Waals surface area contributed by atoms with Gasteiger partial charge in [0, 0.05) is 51.0 Å². The highest BCUT2D eigenvalue weighted by Crippen LogP contribution is 2.22. The molecule has 136 valence electrons. The van der Waals surface area contributed by atoms with E-state index >= 15 is 0 Å². The Morgan fingerprint density at radius 2 is 2.00 bits per heavy atom. The van der Waals surface area contributed by atoms with Crippen LogP contribution in [0.3, 0.4) is 0 Å². The van der Waals surface area contributed by atoms with Crippen LogP contribution in [-0.4, -0.2) is 68.0 Å². The van der Waals surface area contributed by atoms with Crippen molar-refractivity contribution < 1.29 is 9.90 Å². The van der Waals surface area contributed by atoms with E-state index in [2.05, 4.69) is 29.2 Å². The predicted octanol–water partition coefficient (Wildman–Crippen LogP) is 1.90. The SMILES string of the molecule is CC[C@@H]1CN(C(=O)Nc2ccn(C)n2)[C@H](CC)CN1CC(C)(C)O. The third-order valence-corrected chi connectivity index (χ3v) is 4.55. The minimum absolute atomic E-state index is 0.0955. The Balaban J connectivity index is 2.08. The van der Waals surface area contributed by atoms with Crippen LogP contribution in [0.4, 0.5) is 10.6 Å². The zero-order valence-corrected chi connectivity index (χ0v) is 15.5.